The SMILES string of the molecule is NCCCCC(NC(=O)[C@H](CCS)NC(=O)OCc1ccccc1)C(=O)O. The fourth-order valence-corrected chi connectivity index (χ4v) is 2.59. The van der Waals surface area contributed by atoms with E-state index in [2.05, 4.69) is 23.3 Å². The number of rotatable bonds is 12. The highest BCUT2D eigenvalue weighted by molar-refractivity contribution is 7.80. The maximum absolute atomic E-state index is 12.4. The molecular formula is C18H27N3O5S. The molecule has 9 heteroatoms. The molecule has 27 heavy (non-hydrogen) atoms. The second-order valence-electron chi connectivity index (χ2n) is 5.95. The zero-order valence-corrected chi connectivity index (χ0v) is 16.0. The predicted molar refractivity (Wildman–Crippen MR) is 104 cm³/mol. The predicted octanol–water partition coefficient (Wildman–Crippen LogP) is 1.30. The number of carbonyl (C=O) groups excluding carboxylic acids is 2. The molecule has 5 N–H and O–H groups in total. The number of carbonyl (C=O) groups is 3. The van der Waals surface area contributed by atoms with Crippen molar-refractivity contribution in [3.05, 3.63) is 35.9 Å². The monoisotopic (exact) mass is 397 g/mol. The van der Waals surface area contributed by atoms with Crippen molar-refractivity contribution >= 4 is 30.6 Å². The normalized spacial score (nSPS) is 12.7. The number of alkyl carbamates (subject to hydrolysis) is 1. The van der Waals surface area contributed by atoms with Crippen molar-refractivity contribution in [3.8, 4) is 0 Å². The van der Waals surface area contributed by atoms with Crippen LogP contribution in [-0.2, 0) is 20.9 Å². The topological polar surface area (TPSA) is 131 Å². The number of ether oxygens (including phenoxy) is 1. The van der Waals surface area contributed by atoms with Gasteiger partial charge in [-0.15, -0.1) is 0 Å². The number of carboxylic acids is 1. The number of unbranched alkanes of at least 4 members (excludes halogenated alkanes) is 1. The summed E-state index contributed by atoms with van der Waals surface area (Å²) < 4.78 is 5.10. The first kappa shape index (κ1) is 22.8. The first-order valence-corrected chi connectivity index (χ1v) is 9.42. The number of hydrogen-bond acceptors (Lipinski definition) is 6. The van der Waals surface area contributed by atoms with E-state index in [1.807, 2.05) is 30.3 Å². The Morgan fingerprint density at radius 3 is 2.37 bits per heavy atom. The Bertz CT molecular complexity index is 600. The molecule has 0 spiro atoms. The van der Waals surface area contributed by atoms with E-state index in [1.54, 1.807) is 0 Å². The van der Waals surface area contributed by atoms with Crippen molar-refractivity contribution in [2.24, 2.45) is 5.73 Å². The van der Waals surface area contributed by atoms with E-state index in [0.29, 0.717) is 25.1 Å². The number of nitrogens with two attached hydrogens (primary N) is 1. The number of amides is 2. The van der Waals surface area contributed by atoms with Crippen LogP contribution >= 0.6 is 12.6 Å². The van der Waals surface area contributed by atoms with Gasteiger partial charge in [0.2, 0.25) is 5.91 Å². The number of thiol groups is 1. The second-order valence-corrected chi connectivity index (χ2v) is 6.40. The molecule has 0 bridgehead atoms. The van der Waals surface area contributed by atoms with E-state index in [9.17, 15) is 19.5 Å². The summed E-state index contributed by atoms with van der Waals surface area (Å²) in [6, 6.07) is 7.15. The van der Waals surface area contributed by atoms with Crippen LogP contribution in [0.25, 0.3) is 0 Å². The molecule has 0 heterocycles. The third-order valence-corrected chi connectivity index (χ3v) is 4.06. The Kier molecular flexibility index (Phi) is 11.0. The van der Waals surface area contributed by atoms with Crippen LogP contribution in [0, 0.1) is 0 Å². The summed E-state index contributed by atoms with van der Waals surface area (Å²) in [7, 11) is 0. The minimum absolute atomic E-state index is 0.0682. The molecule has 150 valence electrons. The van der Waals surface area contributed by atoms with Gasteiger partial charge in [0.05, 0.1) is 0 Å². The number of carboxylic acid groups (broad SMARTS) is 1. The van der Waals surface area contributed by atoms with E-state index < -0.39 is 30.1 Å². The summed E-state index contributed by atoms with van der Waals surface area (Å²) in [5, 5.41) is 14.2. The standard InChI is InChI=1S/C18H27N3O5S/c19-10-5-4-8-15(17(23)24)20-16(22)14(9-11-27)21-18(25)26-12-13-6-2-1-3-7-13/h1-3,6-7,14-15,27H,4-5,8-12,19H2,(H,20,22)(H,21,25)(H,23,24)/t14-,15?/m0/s1. The van der Waals surface area contributed by atoms with Crippen LogP contribution in [0.5, 0.6) is 0 Å². The number of nitrogens with one attached hydrogen (secondary N) is 2. The molecule has 0 aliphatic rings. The minimum Gasteiger partial charge on any atom is -0.480 e. The van der Waals surface area contributed by atoms with E-state index in [0.717, 1.165) is 5.56 Å². The highest BCUT2D eigenvalue weighted by Gasteiger charge is 2.26. The molecule has 0 fully saturated rings. The Hall–Kier alpha value is -2.26. The summed E-state index contributed by atoms with van der Waals surface area (Å²) in [4.78, 5) is 35.7. The van der Waals surface area contributed by atoms with Crippen molar-refractivity contribution in [2.75, 3.05) is 12.3 Å². The summed E-state index contributed by atoms with van der Waals surface area (Å²) >= 11 is 4.08. The molecule has 0 aliphatic carbocycles. The van der Waals surface area contributed by atoms with Crippen LogP contribution in [0.15, 0.2) is 30.3 Å². The van der Waals surface area contributed by atoms with Gasteiger partial charge in [-0.25, -0.2) is 9.59 Å². The van der Waals surface area contributed by atoms with Gasteiger partial charge in [-0.3, -0.25) is 4.79 Å². The van der Waals surface area contributed by atoms with E-state index in [-0.39, 0.29) is 19.4 Å². The van der Waals surface area contributed by atoms with Gasteiger partial charge in [0.1, 0.15) is 18.7 Å². The molecule has 0 aliphatic heterocycles. The lowest BCUT2D eigenvalue weighted by molar-refractivity contribution is -0.142. The molecule has 0 aromatic heterocycles. The zero-order chi connectivity index (χ0) is 20.1. The maximum atomic E-state index is 12.4. The molecule has 0 radical (unpaired) electrons. The fourth-order valence-electron chi connectivity index (χ4n) is 2.33. The van der Waals surface area contributed by atoms with Crippen molar-refractivity contribution in [1.29, 1.82) is 0 Å². The second kappa shape index (κ2) is 13.0. The van der Waals surface area contributed by atoms with E-state index in [4.69, 9.17) is 10.5 Å². The Balaban J connectivity index is 2.57. The minimum atomic E-state index is -1.13. The van der Waals surface area contributed by atoms with Gasteiger partial charge in [0.15, 0.2) is 0 Å². The zero-order valence-electron chi connectivity index (χ0n) is 15.1. The van der Waals surface area contributed by atoms with Gasteiger partial charge in [0.25, 0.3) is 0 Å². The van der Waals surface area contributed by atoms with Crippen LogP contribution < -0.4 is 16.4 Å². The average Bonchev–Trinajstić information content (AvgIpc) is 2.66. The van der Waals surface area contributed by atoms with Crippen LogP contribution in [0.4, 0.5) is 4.79 Å². The maximum Gasteiger partial charge on any atom is 0.408 e. The average molecular weight is 397 g/mol. The smallest absolute Gasteiger partial charge is 0.408 e. The number of hydrogen-bond donors (Lipinski definition) is 5. The third kappa shape index (κ3) is 9.30. The molecule has 2 atom stereocenters. The highest BCUT2D eigenvalue weighted by Crippen LogP contribution is 2.05. The molecule has 1 unspecified atom stereocenters. The van der Waals surface area contributed by atoms with Gasteiger partial charge >= 0.3 is 12.1 Å². The summed E-state index contributed by atoms with van der Waals surface area (Å²) in [5.74, 6) is -1.38. The molecular weight excluding hydrogens is 370 g/mol. The third-order valence-electron chi connectivity index (χ3n) is 3.80. The van der Waals surface area contributed by atoms with Crippen molar-refractivity contribution in [1.82, 2.24) is 10.6 Å². The largest absolute Gasteiger partial charge is 0.480 e. The van der Waals surface area contributed by atoms with Gasteiger partial charge in [0, 0.05) is 0 Å². The Labute approximate surface area is 164 Å². The van der Waals surface area contributed by atoms with Crippen molar-refractivity contribution in [2.45, 2.75) is 44.4 Å². The highest BCUT2D eigenvalue weighted by atomic mass is 32.1. The van der Waals surface area contributed by atoms with Crippen LogP contribution in [0.1, 0.15) is 31.2 Å². The lowest BCUT2D eigenvalue weighted by Crippen LogP contribution is -2.51. The first-order chi connectivity index (χ1) is 13.0. The van der Waals surface area contributed by atoms with Gasteiger partial charge < -0.3 is 26.2 Å². The molecule has 1 rings (SSSR count). The summed E-state index contributed by atoms with van der Waals surface area (Å²) in [5.41, 5.74) is 6.21. The van der Waals surface area contributed by atoms with E-state index >= 15 is 0 Å². The van der Waals surface area contributed by atoms with Gasteiger partial charge in [-0.2, -0.15) is 12.6 Å². The molecule has 0 saturated heterocycles. The van der Waals surface area contributed by atoms with Gasteiger partial charge in [-0.1, -0.05) is 30.3 Å². The van der Waals surface area contributed by atoms with Crippen LogP contribution in [0.3, 0.4) is 0 Å². The summed E-state index contributed by atoms with van der Waals surface area (Å²) in [6.45, 7) is 0.524. The van der Waals surface area contributed by atoms with Gasteiger partial charge in [-0.05, 0) is 43.5 Å². The lowest BCUT2D eigenvalue weighted by atomic mass is 10.1. The Morgan fingerprint density at radius 2 is 1.78 bits per heavy atom. The number of aliphatic carboxylic acids is 1. The molecule has 8 nitrogen and oxygen atoms in total. The van der Waals surface area contributed by atoms with Crippen LogP contribution in [0.2, 0.25) is 0 Å². The molecule has 2 amide bonds. The molecule has 1 aromatic rings. The number of benzene rings is 1. The summed E-state index contributed by atoms with van der Waals surface area (Å²) in [6.07, 6.45) is 1.01. The fraction of sp³-hybridized carbons (Fsp3) is 0.500. The molecule has 0 saturated carbocycles. The quantitative estimate of drug-likeness (QED) is 0.267. The lowest BCUT2D eigenvalue weighted by Gasteiger charge is -2.21. The molecule has 1 aromatic carbocycles. The Morgan fingerprint density at radius 1 is 1.07 bits per heavy atom. The van der Waals surface area contributed by atoms with Crippen molar-refractivity contribution < 1.29 is 24.2 Å². The van der Waals surface area contributed by atoms with Crippen molar-refractivity contribution in [3.63, 3.8) is 0 Å². The van der Waals surface area contributed by atoms with E-state index in [1.165, 1.54) is 0 Å². The first-order valence-electron chi connectivity index (χ1n) is 8.79. The van der Waals surface area contributed by atoms with Crippen LogP contribution in [-0.4, -0.2) is 47.5 Å².